The van der Waals surface area contributed by atoms with Crippen molar-refractivity contribution in [1.82, 2.24) is 4.31 Å². The molecule has 9 nitrogen and oxygen atoms in total. The Morgan fingerprint density at radius 1 is 1.03 bits per heavy atom. The SMILES string of the molecule is COC(=O)c1cccc(NC(=O)C2CCCN2S(=O)(=O)c2ccc(OC)c(OC)c2)c1. The molecule has 1 aliphatic rings. The number of ether oxygens (including phenoxy) is 3. The van der Waals surface area contributed by atoms with Crippen molar-refractivity contribution in [3.63, 3.8) is 0 Å². The highest BCUT2D eigenvalue weighted by Crippen LogP contribution is 2.33. The Morgan fingerprint density at radius 2 is 1.77 bits per heavy atom. The van der Waals surface area contributed by atoms with E-state index in [0.717, 1.165) is 0 Å². The molecular formula is C21H24N2O7S. The normalized spacial score (nSPS) is 16.5. The van der Waals surface area contributed by atoms with Crippen LogP contribution in [0.15, 0.2) is 47.4 Å². The molecule has 2 aromatic rings. The Kier molecular flexibility index (Phi) is 6.81. The van der Waals surface area contributed by atoms with Crippen molar-refractivity contribution < 1.29 is 32.2 Å². The number of anilines is 1. The molecule has 0 saturated carbocycles. The molecule has 0 radical (unpaired) electrons. The van der Waals surface area contributed by atoms with Gasteiger partial charge in [-0.2, -0.15) is 4.31 Å². The van der Waals surface area contributed by atoms with Gasteiger partial charge in [-0.3, -0.25) is 4.79 Å². The second kappa shape index (κ2) is 9.36. The average Bonchev–Trinajstić information content (AvgIpc) is 3.29. The molecule has 1 atom stereocenters. The summed E-state index contributed by atoms with van der Waals surface area (Å²) >= 11 is 0. The van der Waals surface area contributed by atoms with Crippen molar-refractivity contribution in [3.8, 4) is 11.5 Å². The van der Waals surface area contributed by atoms with Crippen molar-refractivity contribution >= 4 is 27.6 Å². The van der Waals surface area contributed by atoms with E-state index in [-0.39, 0.29) is 22.8 Å². The summed E-state index contributed by atoms with van der Waals surface area (Å²) in [7, 11) is 0.201. The fourth-order valence-corrected chi connectivity index (χ4v) is 5.14. The van der Waals surface area contributed by atoms with Crippen LogP contribution in [0.1, 0.15) is 23.2 Å². The Morgan fingerprint density at radius 3 is 2.45 bits per heavy atom. The van der Waals surface area contributed by atoms with Crippen molar-refractivity contribution in [2.24, 2.45) is 0 Å². The van der Waals surface area contributed by atoms with Gasteiger partial charge in [-0.15, -0.1) is 0 Å². The Bertz CT molecular complexity index is 1080. The first-order valence-electron chi connectivity index (χ1n) is 9.55. The van der Waals surface area contributed by atoms with Crippen LogP contribution in [0.3, 0.4) is 0 Å². The summed E-state index contributed by atoms with van der Waals surface area (Å²) in [5.74, 6) is -0.316. The standard InChI is InChI=1S/C21H24N2O7S/c1-28-18-10-9-16(13-19(18)29-2)31(26,27)23-11-5-8-17(23)20(24)22-15-7-4-6-14(12-15)21(25)30-3/h4,6-7,9-10,12-13,17H,5,8,11H2,1-3H3,(H,22,24). The number of carbonyl (C=O) groups is 2. The molecule has 1 N–H and O–H groups in total. The van der Waals surface area contributed by atoms with Gasteiger partial charge in [0.25, 0.3) is 0 Å². The fourth-order valence-electron chi connectivity index (χ4n) is 3.47. The quantitative estimate of drug-likeness (QED) is 0.647. The third-order valence-corrected chi connectivity index (χ3v) is 6.92. The van der Waals surface area contributed by atoms with E-state index in [1.54, 1.807) is 18.2 Å². The zero-order valence-electron chi connectivity index (χ0n) is 17.5. The van der Waals surface area contributed by atoms with Gasteiger partial charge in [-0.05, 0) is 43.2 Å². The lowest BCUT2D eigenvalue weighted by atomic mass is 10.2. The number of esters is 1. The minimum atomic E-state index is -3.95. The van der Waals surface area contributed by atoms with Gasteiger partial charge in [0.15, 0.2) is 11.5 Å². The molecule has 3 rings (SSSR count). The highest BCUT2D eigenvalue weighted by Gasteiger charge is 2.39. The number of sulfonamides is 1. The lowest BCUT2D eigenvalue weighted by Gasteiger charge is -2.24. The molecule has 1 unspecified atom stereocenters. The minimum absolute atomic E-state index is 0.0116. The first kappa shape index (κ1) is 22.6. The van der Waals surface area contributed by atoms with E-state index >= 15 is 0 Å². The van der Waals surface area contributed by atoms with Crippen molar-refractivity contribution in [2.75, 3.05) is 33.2 Å². The Labute approximate surface area is 181 Å². The lowest BCUT2D eigenvalue weighted by Crippen LogP contribution is -2.43. The van der Waals surface area contributed by atoms with Gasteiger partial charge in [-0.1, -0.05) is 6.07 Å². The van der Waals surface area contributed by atoms with E-state index in [2.05, 4.69) is 10.1 Å². The first-order chi connectivity index (χ1) is 14.8. The molecule has 0 spiro atoms. The lowest BCUT2D eigenvalue weighted by molar-refractivity contribution is -0.119. The van der Waals surface area contributed by atoms with Crippen molar-refractivity contribution in [3.05, 3.63) is 48.0 Å². The number of benzene rings is 2. The van der Waals surface area contributed by atoms with Crippen LogP contribution in [-0.4, -0.2) is 58.5 Å². The molecule has 1 aliphatic heterocycles. The molecule has 0 bridgehead atoms. The van der Waals surface area contributed by atoms with E-state index < -0.39 is 27.9 Å². The molecule has 0 aliphatic carbocycles. The largest absolute Gasteiger partial charge is 0.493 e. The molecule has 2 aromatic carbocycles. The van der Waals surface area contributed by atoms with Crippen molar-refractivity contribution in [2.45, 2.75) is 23.8 Å². The van der Waals surface area contributed by atoms with Gasteiger partial charge >= 0.3 is 5.97 Å². The van der Waals surface area contributed by atoms with Crippen LogP contribution in [0.2, 0.25) is 0 Å². The predicted octanol–water partition coefficient (Wildman–Crippen LogP) is 2.28. The smallest absolute Gasteiger partial charge is 0.337 e. The second-order valence-electron chi connectivity index (χ2n) is 6.85. The summed E-state index contributed by atoms with van der Waals surface area (Å²) in [5.41, 5.74) is 0.657. The maximum atomic E-state index is 13.2. The average molecular weight is 448 g/mol. The number of nitrogens with one attached hydrogen (secondary N) is 1. The zero-order valence-corrected chi connectivity index (χ0v) is 18.3. The van der Waals surface area contributed by atoms with E-state index in [0.29, 0.717) is 24.3 Å². The zero-order chi connectivity index (χ0) is 22.6. The Balaban J connectivity index is 1.83. The summed E-state index contributed by atoms with van der Waals surface area (Å²) in [4.78, 5) is 24.6. The maximum Gasteiger partial charge on any atom is 0.337 e. The highest BCUT2D eigenvalue weighted by atomic mass is 32.2. The number of carbonyl (C=O) groups excluding carboxylic acids is 2. The van der Waals surface area contributed by atoms with Crippen LogP contribution in [-0.2, 0) is 19.6 Å². The number of methoxy groups -OCH3 is 3. The van der Waals surface area contributed by atoms with Gasteiger partial charge in [0.2, 0.25) is 15.9 Å². The van der Waals surface area contributed by atoms with Crippen LogP contribution < -0.4 is 14.8 Å². The predicted molar refractivity (Wildman–Crippen MR) is 113 cm³/mol. The number of hydrogen-bond acceptors (Lipinski definition) is 7. The highest BCUT2D eigenvalue weighted by molar-refractivity contribution is 7.89. The first-order valence-corrected chi connectivity index (χ1v) is 11.0. The van der Waals surface area contributed by atoms with E-state index in [9.17, 15) is 18.0 Å². The summed E-state index contributed by atoms with van der Waals surface area (Å²) in [5, 5.41) is 2.70. The summed E-state index contributed by atoms with van der Waals surface area (Å²) in [6.45, 7) is 0.219. The molecule has 1 heterocycles. The number of rotatable bonds is 7. The summed E-state index contributed by atoms with van der Waals surface area (Å²) in [6.07, 6.45) is 0.932. The molecule has 0 aromatic heterocycles. The fraction of sp³-hybridized carbons (Fsp3) is 0.333. The van der Waals surface area contributed by atoms with Crippen LogP contribution >= 0.6 is 0 Å². The third kappa shape index (κ3) is 4.64. The summed E-state index contributed by atoms with van der Waals surface area (Å²) in [6, 6.07) is 9.69. The number of amides is 1. The van der Waals surface area contributed by atoms with Gasteiger partial charge in [0.05, 0.1) is 31.8 Å². The van der Waals surface area contributed by atoms with Crippen molar-refractivity contribution in [1.29, 1.82) is 0 Å². The summed E-state index contributed by atoms with van der Waals surface area (Å²) < 4.78 is 42.7. The van der Waals surface area contributed by atoms with Crippen LogP contribution in [0.5, 0.6) is 11.5 Å². The molecule has 10 heteroatoms. The van der Waals surface area contributed by atoms with Gasteiger partial charge in [0.1, 0.15) is 6.04 Å². The molecular weight excluding hydrogens is 424 g/mol. The molecule has 31 heavy (non-hydrogen) atoms. The topological polar surface area (TPSA) is 111 Å². The minimum Gasteiger partial charge on any atom is -0.493 e. The van der Waals surface area contributed by atoms with E-state index in [1.165, 1.54) is 49.9 Å². The monoisotopic (exact) mass is 448 g/mol. The second-order valence-corrected chi connectivity index (χ2v) is 8.74. The van der Waals surface area contributed by atoms with Crippen LogP contribution in [0.25, 0.3) is 0 Å². The van der Waals surface area contributed by atoms with Crippen LogP contribution in [0.4, 0.5) is 5.69 Å². The van der Waals surface area contributed by atoms with E-state index in [4.69, 9.17) is 9.47 Å². The third-order valence-electron chi connectivity index (χ3n) is 5.02. The number of nitrogens with zero attached hydrogens (tertiary/aromatic N) is 1. The van der Waals surface area contributed by atoms with Gasteiger partial charge in [0, 0.05) is 18.3 Å². The molecule has 1 fully saturated rings. The molecule has 1 amide bonds. The van der Waals surface area contributed by atoms with Crippen LogP contribution in [0, 0.1) is 0 Å². The Hall–Kier alpha value is -3.11. The molecule has 1 saturated heterocycles. The molecule has 166 valence electrons. The number of hydrogen-bond donors (Lipinski definition) is 1. The van der Waals surface area contributed by atoms with E-state index in [1.807, 2.05) is 0 Å². The van der Waals surface area contributed by atoms with Gasteiger partial charge in [-0.25, -0.2) is 13.2 Å². The van der Waals surface area contributed by atoms with Gasteiger partial charge < -0.3 is 19.5 Å². The maximum absolute atomic E-state index is 13.2.